The summed E-state index contributed by atoms with van der Waals surface area (Å²) in [5, 5.41) is 11.1. The molecule has 0 atom stereocenters. The maximum Gasteiger partial charge on any atom is 0.277 e. The Kier molecular flexibility index (Phi) is 7.30. The third-order valence-electron chi connectivity index (χ3n) is 4.33. The first-order chi connectivity index (χ1) is 14.0. The first-order valence-electron chi connectivity index (χ1n) is 9.60. The smallest absolute Gasteiger partial charge is 0.277 e. The van der Waals surface area contributed by atoms with Crippen LogP contribution in [0.2, 0.25) is 0 Å². The van der Waals surface area contributed by atoms with E-state index in [1.165, 1.54) is 22.9 Å². The number of benzene rings is 2. The number of aryl methyl sites for hydroxylation is 1. The van der Waals surface area contributed by atoms with E-state index in [1.54, 1.807) is 0 Å². The fourth-order valence-electron chi connectivity index (χ4n) is 2.60. The number of anilines is 1. The summed E-state index contributed by atoms with van der Waals surface area (Å²) in [6.07, 6.45) is 0.987. The zero-order valence-corrected chi connectivity index (χ0v) is 17.7. The molecule has 0 saturated heterocycles. The maximum atomic E-state index is 12.1. The number of amides is 1. The highest BCUT2D eigenvalue weighted by Crippen LogP contribution is 2.20. The molecule has 0 fully saturated rings. The number of rotatable bonds is 9. The van der Waals surface area contributed by atoms with Gasteiger partial charge in [-0.3, -0.25) is 4.79 Å². The second-order valence-corrected chi connectivity index (χ2v) is 7.79. The van der Waals surface area contributed by atoms with Gasteiger partial charge in [0.2, 0.25) is 5.91 Å². The lowest BCUT2D eigenvalue weighted by Crippen LogP contribution is -2.14. The fraction of sp³-hybridized carbons (Fsp3) is 0.318. The van der Waals surface area contributed by atoms with Crippen LogP contribution in [0.15, 0.2) is 58.2 Å². The molecule has 3 rings (SSSR count). The molecule has 0 aliphatic carbocycles. The van der Waals surface area contributed by atoms with Gasteiger partial charge in [0.25, 0.3) is 11.1 Å². The molecule has 2 aromatic carbocycles. The number of hydrogen-bond donors (Lipinski definition) is 1. The van der Waals surface area contributed by atoms with Crippen molar-refractivity contribution in [2.24, 2.45) is 0 Å². The minimum atomic E-state index is -0.126. The van der Waals surface area contributed by atoms with Gasteiger partial charge in [-0.05, 0) is 47.7 Å². The van der Waals surface area contributed by atoms with Crippen molar-refractivity contribution in [3.63, 3.8) is 0 Å². The highest BCUT2D eigenvalue weighted by atomic mass is 32.2. The molecule has 1 amide bonds. The number of nitrogens with zero attached hydrogens (tertiary/aromatic N) is 2. The number of ether oxygens (including phenoxy) is 1. The standard InChI is InChI=1S/C22H25N3O3S/c1-4-16-5-11-19(12-6-16)27-13-21-24-25-22(28-21)29-14-20(26)23-18-9-7-17(8-10-18)15(2)3/h5-12,15H,4,13-14H2,1-3H3,(H,23,26). The Morgan fingerprint density at radius 3 is 2.48 bits per heavy atom. The van der Waals surface area contributed by atoms with Crippen molar-refractivity contribution in [1.29, 1.82) is 0 Å². The molecule has 1 heterocycles. The molecular formula is C22H25N3O3S. The monoisotopic (exact) mass is 411 g/mol. The molecular weight excluding hydrogens is 386 g/mol. The van der Waals surface area contributed by atoms with E-state index in [-0.39, 0.29) is 18.3 Å². The highest BCUT2D eigenvalue weighted by molar-refractivity contribution is 7.99. The molecule has 1 aromatic heterocycles. The summed E-state index contributed by atoms with van der Waals surface area (Å²) in [7, 11) is 0. The second-order valence-electron chi connectivity index (χ2n) is 6.86. The van der Waals surface area contributed by atoms with Crippen molar-refractivity contribution in [3.05, 3.63) is 65.5 Å². The Morgan fingerprint density at radius 1 is 1.10 bits per heavy atom. The lowest BCUT2D eigenvalue weighted by molar-refractivity contribution is -0.113. The van der Waals surface area contributed by atoms with Gasteiger partial charge in [-0.15, -0.1) is 10.2 Å². The van der Waals surface area contributed by atoms with Gasteiger partial charge < -0.3 is 14.5 Å². The SMILES string of the molecule is CCc1ccc(OCc2nnc(SCC(=O)Nc3ccc(C(C)C)cc3)o2)cc1. The molecule has 29 heavy (non-hydrogen) atoms. The predicted molar refractivity (Wildman–Crippen MR) is 114 cm³/mol. The van der Waals surface area contributed by atoms with Gasteiger partial charge in [0.1, 0.15) is 5.75 Å². The first kappa shape index (κ1) is 20.9. The highest BCUT2D eigenvalue weighted by Gasteiger charge is 2.11. The van der Waals surface area contributed by atoms with Crippen LogP contribution in [0.1, 0.15) is 43.7 Å². The summed E-state index contributed by atoms with van der Waals surface area (Å²) < 4.78 is 11.2. The summed E-state index contributed by atoms with van der Waals surface area (Å²) >= 11 is 1.20. The number of carbonyl (C=O) groups excluding carboxylic acids is 1. The van der Waals surface area contributed by atoms with E-state index in [2.05, 4.69) is 36.3 Å². The van der Waals surface area contributed by atoms with Crippen molar-refractivity contribution in [1.82, 2.24) is 10.2 Å². The van der Waals surface area contributed by atoms with Crippen LogP contribution >= 0.6 is 11.8 Å². The van der Waals surface area contributed by atoms with Gasteiger partial charge in [0, 0.05) is 5.69 Å². The van der Waals surface area contributed by atoms with Crippen LogP contribution in [0, 0.1) is 0 Å². The number of nitrogens with one attached hydrogen (secondary N) is 1. The Hall–Kier alpha value is -2.80. The van der Waals surface area contributed by atoms with E-state index in [9.17, 15) is 4.79 Å². The molecule has 0 saturated carbocycles. The molecule has 0 bridgehead atoms. The van der Waals surface area contributed by atoms with Crippen molar-refractivity contribution >= 4 is 23.4 Å². The van der Waals surface area contributed by atoms with Crippen LogP contribution in [-0.2, 0) is 17.8 Å². The number of carbonyl (C=O) groups is 1. The Morgan fingerprint density at radius 2 is 1.83 bits per heavy atom. The zero-order chi connectivity index (χ0) is 20.6. The Balaban J connectivity index is 1.43. The average molecular weight is 412 g/mol. The molecule has 0 spiro atoms. The van der Waals surface area contributed by atoms with Gasteiger partial charge in [-0.2, -0.15) is 0 Å². The van der Waals surface area contributed by atoms with Crippen LogP contribution in [-0.4, -0.2) is 21.9 Å². The molecule has 7 heteroatoms. The Bertz CT molecular complexity index is 921. The quantitative estimate of drug-likeness (QED) is 0.496. The molecule has 6 nitrogen and oxygen atoms in total. The van der Waals surface area contributed by atoms with Gasteiger partial charge in [0.05, 0.1) is 5.75 Å². The van der Waals surface area contributed by atoms with Crippen molar-refractivity contribution < 1.29 is 13.9 Å². The largest absolute Gasteiger partial charge is 0.484 e. The summed E-state index contributed by atoms with van der Waals surface area (Å²) in [5.41, 5.74) is 3.26. The molecule has 3 aromatic rings. The molecule has 0 radical (unpaired) electrons. The van der Waals surface area contributed by atoms with E-state index < -0.39 is 0 Å². The molecule has 1 N–H and O–H groups in total. The van der Waals surface area contributed by atoms with E-state index in [1.807, 2.05) is 48.5 Å². The number of hydrogen-bond acceptors (Lipinski definition) is 6. The van der Waals surface area contributed by atoms with Crippen molar-refractivity contribution in [2.45, 2.75) is 44.9 Å². The minimum Gasteiger partial charge on any atom is -0.484 e. The Labute approximate surface area is 175 Å². The van der Waals surface area contributed by atoms with Crippen LogP contribution in [0.25, 0.3) is 0 Å². The van der Waals surface area contributed by atoms with E-state index in [0.717, 1.165) is 17.9 Å². The predicted octanol–water partition coefficient (Wildman–Crippen LogP) is 5.07. The van der Waals surface area contributed by atoms with Gasteiger partial charge in [-0.25, -0.2) is 0 Å². The fourth-order valence-corrected chi connectivity index (χ4v) is 3.18. The molecule has 0 aliphatic heterocycles. The van der Waals surface area contributed by atoms with Crippen LogP contribution in [0.5, 0.6) is 5.75 Å². The normalized spacial score (nSPS) is 10.9. The van der Waals surface area contributed by atoms with Crippen LogP contribution in [0.4, 0.5) is 5.69 Å². The average Bonchev–Trinajstić information content (AvgIpc) is 3.19. The summed E-state index contributed by atoms with van der Waals surface area (Å²) in [6, 6.07) is 15.8. The number of aromatic nitrogens is 2. The van der Waals surface area contributed by atoms with E-state index >= 15 is 0 Å². The van der Waals surface area contributed by atoms with E-state index in [4.69, 9.17) is 9.15 Å². The van der Waals surface area contributed by atoms with Gasteiger partial charge in [0.15, 0.2) is 6.61 Å². The lowest BCUT2D eigenvalue weighted by Gasteiger charge is -2.07. The summed E-state index contributed by atoms with van der Waals surface area (Å²) in [6.45, 7) is 6.57. The summed E-state index contributed by atoms with van der Waals surface area (Å²) in [4.78, 5) is 12.1. The summed E-state index contributed by atoms with van der Waals surface area (Å²) in [5.74, 6) is 1.64. The minimum absolute atomic E-state index is 0.126. The third kappa shape index (κ3) is 6.35. The van der Waals surface area contributed by atoms with Crippen molar-refractivity contribution in [2.75, 3.05) is 11.1 Å². The number of thioether (sulfide) groups is 1. The second kappa shape index (κ2) is 10.1. The third-order valence-corrected chi connectivity index (χ3v) is 5.15. The van der Waals surface area contributed by atoms with Gasteiger partial charge in [-0.1, -0.05) is 56.8 Å². The molecule has 0 unspecified atom stereocenters. The van der Waals surface area contributed by atoms with Crippen molar-refractivity contribution in [3.8, 4) is 5.75 Å². The lowest BCUT2D eigenvalue weighted by atomic mass is 10.0. The van der Waals surface area contributed by atoms with E-state index in [0.29, 0.717) is 17.0 Å². The zero-order valence-electron chi connectivity index (χ0n) is 16.8. The van der Waals surface area contributed by atoms with Crippen LogP contribution in [0.3, 0.4) is 0 Å². The maximum absolute atomic E-state index is 12.1. The first-order valence-corrected chi connectivity index (χ1v) is 10.6. The molecule has 0 aliphatic rings. The topological polar surface area (TPSA) is 77.2 Å². The van der Waals surface area contributed by atoms with Crippen LogP contribution < -0.4 is 10.1 Å². The van der Waals surface area contributed by atoms with Gasteiger partial charge >= 0.3 is 0 Å². The molecule has 152 valence electrons.